The first-order valence-corrected chi connectivity index (χ1v) is 14.1. The maximum Gasteiger partial charge on any atom is 0.407 e. The molecule has 0 aromatic heterocycles. The molecule has 1 aliphatic heterocycles. The molecule has 1 atom stereocenters. The van der Waals surface area contributed by atoms with Crippen LogP contribution in [-0.2, 0) is 14.9 Å². The summed E-state index contributed by atoms with van der Waals surface area (Å²) in [7, 11) is 0. The van der Waals surface area contributed by atoms with Gasteiger partial charge < -0.3 is 20.3 Å². The van der Waals surface area contributed by atoms with E-state index >= 15 is 0 Å². The van der Waals surface area contributed by atoms with Crippen molar-refractivity contribution in [2.24, 2.45) is 0 Å². The van der Waals surface area contributed by atoms with Crippen LogP contribution < -0.4 is 10.6 Å². The summed E-state index contributed by atoms with van der Waals surface area (Å²) < 4.78 is 44.7. The number of halogens is 3. The summed E-state index contributed by atoms with van der Waals surface area (Å²) in [4.78, 5) is 28.1. The smallest absolute Gasteiger partial charge is 0.407 e. The Kier molecular flexibility index (Phi) is 8.83. The fourth-order valence-corrected chi connectivity index (χ4v) is 5.94. The Morgan fingerprint density at radius 1 is 1.00 bits per heavy atom. The average Bonchev–Trinajstić information content (AvgIpc) is 3.14. The van der Waals surface area contributed by atoms with Crippen LogP contribution in [0, 0.1) is 6.92 Å². The van der Waals surface area contributed by atoms with Crippen LogP contribution in [0.1, 0.15) is 69.6 Å². The van der Waals surface area contributed by atoms with Crippen LogP contribution in [0.15, 0.2) is 42.5 Å². The molecule has 1 saturated heterocycles. The Hall–Kier alpha value is -3.07. The highest BCUT2D eigenvalue weighted by molar-refractivity contribution is 6.00. The van der Waals surface area contributed by atoms with E-state index in [1.807, 2.05) is 70.2 Å². The zero-order valence-corrected chi connectivity index (χ0v) is 23.8. The maximum absolute atomic E-state index is 13.7. The number of carbonyl (C=O) groups is 2. The number of ether oxygens (including phenoxy) is 1. The van der Waals surface area contributed by atoms with Gasteiger partial charge in [-0.2, -0.15) is 13.2 Å². The number of aryl methyl sites for hydroxylation is 1. The number of nitrogens with one attached hydrogen (secondary N) is 2. The standard InChI is InChI=1S/C31H40F3N3O3/c1-21-11-12-24-23-9-5-6-10-25(23)30(26(24)19-21,27(38)35-20-31(32,33)34)15-7-8-16-37-17-13-22(14-18-37)36-28(39)40-29(2,3)4/h5-6,9-12,19,22H,7-8,13-18,20H2,1-4H3,(H,35,38)(H,36,39). The predicted octanol–water partition coefficient (Wildman–Crippen LogP) is 6.10. The molecule has 1 aliphatic carbocycles. The molecule has 1 heterocycles. The molecule has 2 N–H and O–H groups in total. The lowest BCUT2D eigenvalue weighted by atomic mass is 9.73. The van der Waals surface area contributed by atoms with E-state index in [9.17, 15) is 22.8 Å². The fourth-order valence-electron chi connectivity index (χ4n) is 5.94. The number of carbonyl (C=O) groups excluding carboxylic acids is 2. The number of piperidine rings is 1. The van der Waals surface area contributed by atoms with E-state index in [2.05, 4.69) is 15.5 Å². The molecule has 40 heavy (non-hydrogen) atoms. The van der Waals surface area contributed by atoms with E-state index in [1.165, 1.54) is 0 Å². The number of amides is 2. The van der Waals surface area contributed by atoms with E-state index in [1.54, 1.807) is 0 Å². The summed E-state index contributed by atoms with van der Waals surface area (Å²) in [6, 6.07) is 13.5. The molecule has 0 spiro atoms. The van der Waals surface area contributed by atoms with Gasteiger partial charge in [0, 0.05) is 19.1 Å². The minimum absolute atomic E-state index is 0.0708. The largest absolute Gasteiger partial charge is 0.444 e. The third-order valence-electron chi connectivity index (χ3n) is 7.73. The lowest BCUT2D eigenvalue weighted by molar-refractivity contribution is -0.141. The van der Waals surface area contributed by atoms with Crippen LogP contribution in [0.3, 0.4) is 0 Å². The second kappa shape index (κ2) is 11.8. The summed E-state index contributed by atoms with van der Waals surface area (Å²) in [6.07, 6.45) is -1.34. The molecule has 218 valence electrons. The van der Waals surface area contributed by atoms with Crippen molar-refractivity contribution in [2.45, 2.75) is 83.0 Å². The van der Waals surface area contributed by atoms with Crippen molar-refractivity contribution in [2.75, 3.05) is 26.2 Å². The van der Waals surface area contributed by atoms with Gasteiger partial charge in [-0.1, -0.05) is 54.4 Å². The van der Waals surface area contributed by atoms with Gasteiger partial charge in [0.2, 0.25) is 5.91 Å². The SMILES string of the molecule is Cc1ccc2c(c1)C(CCCCN1CCC(NC(=O)OC(C)(C)C)CC1)(C(=O)NCC(F)(F)F)c1ccccc1-2. The van der Waals surface area contributed by atoms with Crippen LogP contribution in [0.2, 0.25) is 0 Å². The van der Waals surface area contributed by atoms with Crippen molar-refractivity contribution in [3.8, 4) is 11.1 Å². The monoisotopic (exact) mass is 559 g/mol. The molecule has 2 aromatic carbocycles. The molecule has 0 bridgehead atoms. The van der Waals surface area contributed by atoms with Crippen LogP contribution in [-0.4, -0.2) is 60.9 Å². The summed E-state index contributed by atoms with van der Waals surface area (Å²) in [5, 5.41) is 5.16. The van der Waals surface area contributed by atoms with Gasteiger partial charge in [-0.3, -0.25) is 4.79 Å². The molecular weight excluding hydrogens is 519 g/mol. The Bertz CT molecular complexity index is 1220. The lowest BCUT2D eigenvalue weighted by Gasteiger charge is -2.34. The number of unbranched alkanes of at least 4 members (excludes halogenated alkanes) is 1. The van der Waals surface area contributed by atoms with Crippen molar-refractivity contribution in [1.82, 2.24) is 15.5 Å². The number of fused-ring (bicyclic) bond motifs is 3. The molecular formula is C31H40F3N3O3. The van der Waals surface area contributed by atoms with Gasteiger partial charge in [0.25, 0.3) is 0 Å². The van der Waals surface area contributed by atoms with Crippen molar-refractivity contribution < 1.29 is 27.5 Å². The Morgan fingerprint density at radius 2 is 1.68 bits per heavy atom. The topological polar surface area (TPSA) is 70.7 Å². The molecule has 2 amide bonds. The molecule has 0 saturated carbocycles. The number of benzene rings is 2. The van der Waals surface area contributed by atoms with E-state index in [0.29, 0.717) is 12.8 Å². The first-order valence-electron chi connectivity index (χ1n) is 14.1. The first-order chi connectivity index (χ1) is 18.8. The molecule has 9 heteroatoms. The van der Waals surface area contributed by atoms with Crippen molar-refractivity contribution >= 4 is 12.0 Å². The summed E-state index contributed by atoms with van der Waals surface area (Å²) >= 11 is 0. The van der Waals surface area contributed by atoms with Gasteiger partial charge in [-0.15, -0.1) is 0 Å². The van der Waals surface area contributed by atoms with E-state index in [-0.39, 0.29) is 6.04 Å². The highest BCUT2D eigenvalue weighted by atomic mass is 19.4. The molecule has 6 nitrogen and oxygen atoms in total. The molecule has 2 aliphatic rings. The highest BCUT2D eigenvalue weighted by Gasteiger charge is 2.49. The van der Waals surface area contributed by atoms with Gasteiger partial charge in [0.05, 0.1) is 0 Å². The Labute approximate surface area is 234 Å². The number of alkyl carbamates (subject to hydrolysis) is 1. The van der Waals surface area contributed by atoms with E-state index in [0.717, 1.165) is 66.7 Å². The van der Waals surface area contributed by atoms with Crippen LogP contribution in [0.25, 0.3) is 11.1 Å². The molecule has 1 unspecified atom stereocenters. The number of nitrogens with zero attached hydrogens (tertiary/aromatic N) is 1. The number of likely N-dealkylation sites (tertiary alicyclic amines) is 1. The summed E-state index contributed by atoms with van der Waals surface area (Å²) in [5.74, 6) is -0.601. The Balaban J connectivity index is 1.42. The van der Waals surface area contributed by atoms with Crippen LogP contribution >= 0.6 is 0 Å². The fraction of sp³-hybridized carbons (Fsp3) is 0.548. The second-order valence-corrected chi connectivity index (χ2v) is 12.0. The zero-order chi connectivity index (χ0) is 29.1. The quantitative estimate of drug-likeness (QED) is 0.384. The van der Waals surface area contributed by atoms with Gasteiger partial charge in [0.15, 0.2) is 0 Å². The van der Waals surface area contributed by atoms with Crippen LogP contribution in [0.5, 0.6) is 0 Å². The number of hydrogen-bond acceptors (Lipinski definition) is 4. The zero-order valence-electron chi connectivity index (χ0n) is 23.8. The van der Waals surface area contributed by atoms with E-state index < -0.39 is 35.7 Å². The lowest BCUT2D eigenvalue weighted by Crippen LogP contribution is -2.47. The number of rotatable bonds is 8. The van der Waals surface area contributed by atoms with Crippen LogP contribution in [0.4, 0.5) is 18.0 Å². The third-order valence-corrected chi connectivity index (χ3v) is 7.73. The van der Waals surface area contributed by atoms with Gasteiger partial charge in [-0.25, -0.2) is 4.79 Å². The van der Waals surface area contributed by atoms with Crippen molar-refractivity contribution in [1.29, 1.82) is 0 Å². The summed E-state index contributed by atoms with van der Waals surface area (Å²) in [6.45, 7) is 8.58. The molecule has 1 fully saturated rings. The molecule has 4 rings (SSSR count). The number of alkyl halides is 3. The highest BCUT2D eigenvalue weighted by Crippen LogP contribution is 2.52. The average molecular weight is 560 g/mol. The molecule has 0 radical (unpaired) electrons. The van der Waals surface area contributed by atoms with Gasteiger partial charge in [-0.05, 0) is 82.2 Å². The summed E-state index contributed by atoms with van der Waals surface area (Å²) in [5.41, 5.74) is 2.61. The third kappa shape index (κ3) is 6.97. The number of hydrogen-bond donors (Lipinski definition) is 2. The predicted molar refractivity (Wildman–Crippen MR) is 149 cm³/mol. The van der Waals surface area contributed by atoms with E-state index in [4.69, 9.17) is 4.74 Å². The second-order valence-electron chi connectivity index (χ2n) is 12.0. The maximum atomic E-state index is 13.7. The normalized spacial score (nSPS) is 19.6. The van der Waals surface area contributed by atoms with Crippen molar-refractivity contribution in [3.63, 3.8) is 0 Å². The minimum atomic E-state index is -4.49. The molecule has 2 aromatic rings. The minimum Gasteiger partial charge on any atom is -0.444 e. The first kappa shape index (κ1) is 29.9. The van der Waals surface area contributed by atoms with Gasteiger partial charge >= 0.3 is 12.3 Å². The van der Waals surface area contributed by atoms with Gasteiger partial charge in [0.1, 0.15) is 17.6 Å². The van der Waals surface area contributed by atoms with Crippen molar-refractivity contribution in [3.05, 3.63) is 59.2 Å². The Morgan fingerprint density at radius 3 is 2.35 bits per heavy atom.